The maximum atomic E-state index is 12.5. The molecular weight excluding hydrogens is 426 g/mol. The molecule has 2 heterocycles. The minimum absolute atomic E-state index is 0.120. The zero-order valence-electron chi connectivity index (χ0n) is 20.0. The van der Waals surface area contributed by atoms with Gasteiger partial charge in [0.2, 0.25) is 0 Å². The highest BCUT2D eigenvalue weighted by atomic mass is 16.5. The van der Waals surface area contributed by atoms with E-state index in [-0.39, 0.29) is 17.8 Å². The molecule has 1 aliphatic carbocycles. The highest BCUT2D eigenvalue weighted by molar-refractivity contribution is 5.96. The van der Waals surface area contributed by atoms with Gasteiger partial charge in [0.1, 0.15) is 17.6 Å². The van der Waals surface area contributed by atoms with Gasteiger partial charge in [0.15, 0.2) is 5.78 Å². The number of benzene rings is 2. The van der Waals surface area contributed by atoms with Crippen LogP contribution in [0, 0.1) is 5.92 Å². The van der Waals surface area contributed by atoms with Crippen LogP contribution >= 0.6 is 0 Å². The van der Waals surface area contributed by atoms with Crippen molar-refractivity contribution in [2.45, 2.75) is 44.6 Å². The molecule has 1 aromatic heterocycles. The van der Waals surface area contributed by atoms with Gasteiger partial charge in [-0.25, -0.2) is 0 Å². The Bertz CT molecular complexity index is 1100. The molecule has 6 nitrogen and oxygen atoms in total. The van der Waals surface area contributed by atoms with Crippen molar-refractivity contribution in [2.75, 3.05) is 24.6 Å². The predicted molar refractivity (Wildman–Crippen MR) is 133 cm³/mol. The van der Waals surface area contributed by atoms with E-state index in [9.17, 15) is 4.79 Å². The summed E-state index contributed by atoms with van der Waals surface area (Å²) in [6.07, 6.45) is 7.65. The lowest BCUT2D eigenvalue weighted by atomic mass is 9.94. The molecule has 2 aliphatic rings. The minimum atomic E-state index is 0.120. The molecule has 34 heavy (non-hydrogen) atoms. The highest BCUT2D eigenvalue weighted by Crippen LogP contribution is 2.31. The molecule has 0 radical (unpaired) electrons. The zero-order valence-corrected chi connectivity index (χ0v) is 20.0. The quantitative estimate of drug-likeness (QED) is 0.388. The second-order valence-electron chi connectivity index (χ2n) is 9.72. The van der Waals surface area contributed by atoms with E-state index in [0.29, 0.717) is 12.0 Å². The third kappa shape index (κ3) is 5.61. The van der Waals surface area contributed by atoms with Crippen LogP contribution in [0.5, 0.6) is 11.5 Å². The van der Waals surface area contributed by atoms with Crippen LogP contribution in [0.2, 0.25) is 0 Å². The van der Waals surface area contributed by atoms with Crippen molar-refractivity contribution in [3.8, 4) is 11.5 Å². The van der Waals surface area contributed by atoms with Gasteiger partial charge in [-0.3, -0.25) is 9.48 Å². The molecule has 1 aliphatic heterocycles. The SMILES string of the molecule is C[C@H](CC(=O)c1cnn(C)c1)c1ccc(O[C@@H]2CCN(c3ccc(OCC4CC4)cc3)C2)cc1. The first kappa shape index (κ1) is 22.5. The fourth-order valence-corrected chi connectivity index (χ4v) is 4.46. The van der Waals surface area contributed by atoms with Crippen LogP contribution in [0.25, 0.3) is 0 Å². The lowest BCUT2D eigenvalue weighted by Gasteiger charge is -2.20. The summed E-state index contributed by atoms with van der Waals surface area (Å²) in [5.74, 6) is 2.86. The number of anilines is 1. The van der Waals surface area contributed by atoms with Crippen LogP contribution in [-0.2, 0) is 7.05 Å². The second kappa shape index (κ2) is 9.92. The fraction of sp³-hybridized carbons (Fsp3) is 0.429. The second-order valence-corrected chi connectivity index (χ2v) is 9.72. The Morgan fingerprint density at radius 2 is 1.79 bits per heavy atom. The summed E-state index contributed by atoms with van der Waals surface area (Å²) in [4.78, 5) is 14.8. The number of carbonyl (C=O) groups is 1. The summed E-state index contributed by atoms with van der Waals surface area (Å²) >= 11 is 0. The summed E-state index contributed by atoms with van der Waals surface area (Å²) in [7, 11) is 1.82. The molecule has 2 atom stereocenters. The Morgan fingerprint density at radius 1 is 1.06 bits per heavy atom. The average Bonchev–Trinajstić information content (AvgIpc) is 3.39. The van der Waals surface area contributed by atoms with Crippen molar-refractivity contribution >= 4 is 11.5 Å². The Hall–Kier alpha value is -3.28. The number of aryl methyl sites for hydroxylation is 1. The molecule has 2 aromatic carbocycles. The molecule has 1 saturated carbocycles. The lowest BCUT2D eigenvalue weighted by molar-refractivity contribution is 0.0975. The van der Waals surface area contributed by atoms with Gasteiger partial charge in [-0.1, -0.05) is 19.1 Å². The molecule has 0 N–H and O–H groups in total. The zero-order chi connectivity index (χ0) is 23.5. The average molecular weight is 460 g/mol. The van der Waals surface area contributed by atoms with Gasteiger partial charge in [-0.2, -0.15) is 5.10 Å². The number of Topliss-reactive ketones (excluding diaryl/α,β-unsaturated/α-hetero) is 1. The topological polar surface area (TPSA) is 56.6 Å². The van der Waals surface area contributed by atoms with Gasteiger partial charge in [-0.05, 0) is 66.6 Å². The molecule has 6 heteroatoms. The van der Waals surface area contributed by atoms with E-state index < -0.39 is 0 Å². The third-order valence-corrected chi connectivity index (χ3v) is 6.80. The van der Waals surface area contributed by atoms with Crippen molar-refractivity contribution in [3.63, 3.8) is 0 Å². The molecule has 0 amide bonds. The van der Waals surface area contributed by atoms with Crippen molar-refractivity contribution in [1.29, 1.82) is 0 Å². The number of nitrogens with zero attached hydrogens (tertiary/aromatic N) is 3. The molecule has 0 bridgehead atoms. The summed E-state index contributed by atoms with van der Waals surface area (Å²) < 4.78 is 13.8. The van der Waals surface area contributed by atoms with E-state index in [1.165, 1.54) is 18.5 Å². The van der Waals surface area contributed by atoms with Gasteiger partial charge in [0, 0.05) is 38.3 Å². The standard InChI is InChI=1S/C28H33N3O3/c1-20(15-28(32)23-16-29-30(2)17-23)22-5-9-26(10-6-22)34-27-13-14-31(18-27)24-7-11-25(12-8-24)33-19-21-3-4-21/h5-12,16-17,20-21,27H,3-4,13-15,18-19H2,1-2H3/t20-,27-/m1/s1. The normalized spacial score (nSPS) is 18.6. The molecule has 0 unspecified atom stereocenters. The maximum absolute atomic E-state index is 12.5. The van der Waals surface area contributed by atoms with Gasteiger partial charge in [0.25, 0.3) is 0 Å². The Kier molecular flexibility index (Phi) is 6.57. The summed E-state index contributed by atoms with van der Waals surface area (Å²) in [5, 5.41) is 4.09. The molecular formula is C28H33N3O3. The van der Waals surface area contributed by atoms with Crippen molar-refractivity contribution in [3.05, 3.63) is 72.1 Å². The molecule has 0 spiro atoms. The van der Waals surface area contributed by atoms with Crippen LogP contribution in [0.1, 0.15) is 54.4 Å². The Morgan fingerprint density at radius 3 is 2.47 bits per heavy atom. The van der Waals surface area contributed by atoms with Gasteiger partial charge >= 0.3 is 0 Å². The third-order valence-electron chi connectivity index (χ3n) is 6.80. The Labute approximate surface area is 201 Å². The first-order chi connectivity index (χ1) is 16.5. The van der Waals surface area contributed by atoms with E-state index >= 15 is 0 Å². The van der Waals surface area contributed by atoms with Gasteiger partial charge < -0.3 is 14.4 Å². The van der Waals surface area contributed by atoms with Crippen LogP contribution in [0.4, 0.5) is 5.69 Å². The monoisotopic (exact) mass is 459 g/mol. The molecule has 3 aromatic rings. The highest BCUT2D eigenvalue weighted by Gasteiger charge is 2.25. The fourth-order valence-electron chi connectivity index (χ4n) is 4.46. The smallest absolute Gasteiger partial charge is 0.166 e. The Balaban J connectivity index is 1.10. The predicted octanol–water partition coefficient (Wildman–Crippen LogP) is 5.24. The van der Waals surface area contributed by atoms with Crippen LogP contribution in [0.3, 0.4) is 0 Å². The minimum Gasteiger partial charge on any atom is -0.493 e. The van der Waals surface area contributed by atoms with Crippen molar-refractivity contribution in [1.82, 2.24) is 9.78 Å². The summed E-state index contributed by atoms with van der Waals surface area (Å²) in [6.45, 7) is 4.79. The van der Waals surface area contributed by atoms with E-state index in [1.54, 1.807) is 17.1 Å². The maximum Gasteiger partial charge on any atom is 0.166 e. The number of hydrogen-bond donors (Lipinski definition) is 0. The molecule has 178 valence electrons. The number of rotatable bonds is 10. The molecule has 2 fully saturated rings. The summed E-state index contributed by atoms with van der Waals surface area (Å²) in [5.41, 5.74) is 3.02. The molecule has 5 rings (SSSR count). The van der Waals surface area contributed by atoms with Crippen LogP contribution in [0.15, 0.2) is 60.9 Å². The van der Waals surface area contributed by atoms with Crippen molar-refractivity contribution < 1.29 is 14.3 Å². The van der Waals surface area contributed by atoms with E-state index in [1.807, 2.05) is 19.2 Å². The number of ether oxygens (including phenoxy) is 2. The lowest BCUT2D eigenvalue weighted by Crippen LogP contribution is -2.24. The largest absolute Gasteiger partial charge is 0.493 e. The number of hydrogen-bond acceptors (Lipinski definition) is 5. The van der Waals surface area contributed by atoms with E-state index in [0.717, 1.165) is 49.1 Å². The van der Waals surface area contributed by atoms with Crippen LogP contribution < -0.4 is 14.4 Å². The number of ketones is 1. The summed E-state index contributed by atoms with van der Waals surface area (Å²) in [6, 6.07) is 16.6. The van der Waals surface area contributed by atoms with Gasteiger partial charge in [0.05, 0.1) is 24.9 Å². The van der Waals surface area contributed by atoms with E-state index in [4.69, 9.17) is 9.47 Å². The first-order valence-electron chi connectivity index (χ1n) is 12.3. The first-order valence-corrected chi connectivity index (χ1v) is 12.3. The van der Waals surface area contributed by atoms with E-state index in [2.05, 4.69) is 53.3 Å². The van der Waals surface area contributed by atoms with Crippen LogP contribution in [-0.4, -0.2) is 41.4 Å². The van der Waals surface area contributed by atoms with Gasteiger partial charge in [-0.15, -0.1) is 0 Å². The molecule has 1 saturated heterocycles. The van der Waals surface area contributed by atoms with Crippen molar-refractivity contribution in [2.24, 2.45) is 13.0 Å². The number of carbonyl (C=O) groups excluding carboxylic acids is 1. The number of aromatic nitrogens is 2.